The third-order valence-electron chi connectivity index (χ3n) is 1.84. The average molecular weight is 220 g/mol. The van der Waals surface area contributed by atoms with E-state index < -0.39 is 31.9 Å². The fourth-order valence-electron chi connectivity index (χ4n) is 0.964. The topological polar surface area (TPSA) is 0 Å². The molecule has 0 saturated heterocycles. The zero-order chi connectivity index (χ0) is 11.4. The van der Waals surface area contributed by atoms with Crippen molar-refractivity contribution in [1.82, 2.24) is 0 Å². The second-order valence-corrected chi connectivity index (χ2v) is 3.41. The zero-order valence-electron chi connectivity index (χ0n) is 7.67. The fourth-order valence-corrected chi connectivity index (χ4v) is 0.964. The fraction of sp³-hybridized carbons (Fsp3) is 1.00. The van der Waals surface area contributed by atoms with E-state index in [2.05, 4.69) is 0 Å². The molecule has 0 N–H and O–H groups in total. The minimum Gasteiger partial charge on any atom is -0.171 e. The summed E-state index contributed by atoms with van der Waals surface area (Å²) in [7, 11) is 0. The van der Waals surface area contributed by atoms with E-state index in [-0.39, 0.29) is 12.6 Å². The highest BCUT2D eigenvalue weighted by Gasteiger charge is 2.31. The Morgan fingerprint density at radius 3 is 1.29 bits per heavy atom. The van der Waals surface area contributed by atoms with Gasteiger partial charge in [0.05, 0.1) is 0 Å². The molecule has 0 spiro atoms. The van der Waals surface area contributed by atoms with Crippen LogP contribution in [0.15, 0.2) is 0 Å². The highest BCUT2D eigenvalue weighted by Crippen LogP contribution is 2.27. The Hall–Kier alpha value is -0.355. The standard InChI is InChI=1S/C7H11BF6/c1-8(4-2-6(9,10)11)5-3-7(12,13)14/h2-5H2,1H3. The van der Waals surface area contributed by atoms with Gasteiger partial charge in [-0.25, -0.2) is 0 Å². The monoisotopic (exact) mass is 220 g/mol. The second-order valence-electron chi connectivity index (χ2n) is 3.41. The lowest BCUT2D eigenvalue weighted by atomic mass is 9.46. The molecule has 0 atom stereocenters. The van der Waals surface area contributed by atoms with Crippen LogP contribution < -0.4 is 0 Å². The SMILES string of the molecule is CB(CCC(F)(F)F)CCC(F)(F)F. The molecule has 0 aliphatic heterocycles. The van der Waals surface area contributed by atoms with E-state index >= 15 is 0 Å². The van der Waals surface area contributed by atoms with Crippen LogP contribution in [0.25, 0.3) is 0 Å². The van der Waals surface area contributed by atoms with Gasteiger partial charge in [0.1, 0.15) is 6.71 Å². The molecule has 0 radical (unpaired) electrons. The van der Waals surface area contributed by atoms with Crippen molar-refractivity contribution in [2.45, 2.75) is 44.7 Å². The first-order chi connectivity index (χ1) is 6.10. The summed E-state index contributed by atoms with van der Waals surface area (Å²) < 4.78 is 70.0. The van der Waals surface area contributed by atoms with Gasteiger partial charge in [0.25, 0.3) is 0 Å². The molecule has 0 fully saturated rings. The molecular formula is C7H11BF6. The van der Waals surface area contributed by atoms with Gasteiger partial charge in [0, 0.05) is 12.8 Å². The maximum atomic E-state index is 11.7. The minimum absolute atomic E-state index is 0.237. The normalized spacial score (nSPS) is 13.1. The Morgan fingerprint density at radius 1 is 0.786 bits per heavy atom. The number of hydrogen-bond donors (Lipinski definition) is 0. The minimum atomic E-state index is -4.27. The van der Waals surface area contributed by atoms with Crippen LogP contribution in [0.5, 0.6) is 0 Å². The molecule has 0 aromatic carbocycles. The zero-order valence-corrected chi connectivity index (χ0v) is 7.67. The molecule has 0 bridgehead atoms. The van der Waals surface area contributed by atoms with E-state index in [1.165, 1.54) is 6.82 Å². The van der Waals surface area contributed by atoms with Crippen molar-refractivity contribution < 1.29 is 26.3 Å². The quantitative estimate of drug-likeness (QED) is 0.495. The second kappa shape index (κ2) is 4.93. The largest absolute Gasteiger partial charge is 0.388 e. The van der Waals surface area contributed by atoms with Crippen molar-refractivity contribution in [1.29, 1.82) is 0 Å². The van der Waals surface area contributed by atoms with Crippen molar-refractivity contribution in [2.75, 3.05) is 0 Å². The van der Waals surface area contributed by atoms with Crippen molar-refractivity contribution in [2.24, 2.45) is 0 Å². The molecule has 0 nitrogen and oxygen atoms in total. The van der Waals surface area contributed by atoms with E-state index in [0.29, 0.717) is 0 Å². The number of halogens is 6. The summed E-state index contributed by atoms with van der Waals surface area (Å²) in [4.78, 5) is 0. The van der Waals surface area contributed by atoms with E-state index in [9.17, 15) is 26.3 Å². The van der Waals surface area contributed by atoms with Gasteiger partial charge in [0.2, 0.25) is 0 Å². The van der Waals surface area contributed by atoms with Crippen LogP contribution in [0.4, 0.5) is 26.3 Å². The van der Waals surface area contributed by atoms with Crippen LogP contribution in [0.2, 0.25) is 19.5 Å². The summed E-state index contributed by atoms with van der Waals surface area (Å²) in [6.45, 7) is 0.857. The molecule has 0 aliphatic rings. The molecular weight excluding hydrogens is 209 g/mol. The summed E-state index contributed by atoms with van der Waals surface area (Å²) in [5.74, 6) is 0. The number of hydrogen-bond acceptors (Lipinski definition) is 0. The molecule has 0 heterocycles. The van der Waals surface area contributed by atoms with Crippen molar-refractivity contribution in [3.8, 4) is 0 Å². The van der Waals surface area contributed by atoms with E-state index in [1.807, 2.05) is 0 Å². The van der Waals surface area contributed by atoms with Crippen LogP contribution in [0.1, 0.15) is 12.8 Å². The van der Waals surface area contributed by atoms with Crippen molar-refractivity contribution >= 4 is 6.71 Å². The molecule has 14 heavy (non-hydrogen) atoms. The first-order valence-electron chi connectivity index (χ1n) is 4.23. The lowest BCUT2D eigenvalue weighted by Crippen LogP contribution is -2.17. The predicted octanol–water partition coefficient (Wildman–Crippen LogP) is 4.02. The van der Waals surface area contributed by atoms with Gasteiger partial charge in [-0.2, -0.15) is 26.3 Å². The van der Waals surface area contributed by atoms with E-state index in [1.54, 1.807) is 0 Å². The van der Waals surface area contributed by atoms with Gasteiger partial charge in [0.15, 0.2) is 0 Å². The van der Waals surface area contributed by atoms with Gasteiger partial charge >= 0.3 is 12.4 Å². The molecule has 84 valence electrons. The molecule has 0 saturated carbocycles. The maximum Gasteiger partial charge on any atom is 0.388 e. The lowest BCUT2D eigenvalue weighted by molar-refractivity contribution is -0.131. The first-order valence-corrected chi connectivity index (χ1v) is 4.23. The summed E-state index contributed by atoms with van der Waals surface area (Å²) in [6.07, 6.45) is -11.0. The number of rotatable bonds is 4. The summed E-state index contributed by atoms with van der Waals surface area (Å²) in [6, 6.07) is 0. The van der Waals surface area contributed by atoms with Gasteiger partial charge in [-0.15, -0.1) is 0 Å². The Kier molecular flexibility index (Phi) is 4.81. The third kappa shape index (κ3) is 9.73. The van der Waals surface area contributed by atoms with Gasteiger partial charge < -0.3 is 0 Å². The Labute approximate surface area is 78.7 Å². The molecule has 0 aliphatic carbocycles. The van der Waals surface area contributed by atoms with Crippen molar-refractivity contribution in [3.05, 3.63) is 0 Å². The highest BCUT2D eigenvalue weighted by atomic mass is 19.4. The summed E-state index contributed by atoms with van der Waals surface area (Å²) >= 11 is 0. The van der Waals surface area contributed by atoms with Crippen LogP contribution >= 0.6 is 0 Å². The van der Waals surface area contributed by atoms with Gasteiger partial charge in [-0.3, -0.25) is 0 Å². The summed E-state index contributed by atoms with van der Waals surface area (Å²) in [5, 5.41) is 0. The first kappa shape index (κ1) is 13.6. The van der Waals surface area contributed by atoms with Crippen LogP contribution in [0, 0.1) is 0 Å². The van der Waals surface area contributed by atoms with E-state index in [4.69, 9.17) is 0 Å². The predicted molar refractivity (Wildman–Crippen MR) is 42.6 cm³/mol. The molecule has 0 aromatic rings. The molecule has 0 unspecified atom stereocenters. The molecule has 7 heteroatoms. The summed E-state index contributed by atoms with van der Waals surface area (Å²) in [5.41, 5.74) is 0. The molecule has 0 amide bonds. The van der Waals surface area contributed by atoms with Crippen LogP contribution in [-0.2, 0) is 0 Å². The van der Waals surface area contributed by atoms with Crippen LogP contribution in [-0.4, -0.2) is 19.1 Å². The van der Waals surface area contributed by atoms with E-state index in [0.717, 1.165) is 0 Å². The van der Waals surface area contributed by atoms with Gasteiger partial charge in [-0.1, -0.05) is 19.5 Å². The lowest BCUT2D eigenvalue weighted by Gasteiger charge is -2.11. The highest BCUT2D eigenvalue weighted by molar-refractivity contribution is 6.57. The maximum absolute atomic E-state index is 11.7. The Balaban J connectivity index is 3.62. The molecule has 0 rings (SSSR count). The Morgan fingerprint density at radius 2 is 1.07 bits per heavy atom. The number of alkyl halides is 6. The van der Waals surface area contributed by atoms with Crippen LogP contribution in [0.3, 0.4) is 0 Å². The van der Waals surface area contributed by atoms with Gasteiger partial charge in [-0.05, 0) is 0 Å². The average Bonchev–Trinajstić information content (AvgIpc) is 1.94. The smallest absolute Gasteiger partial charge is 0.171 e. The third-order valence-corrected chi connectivity index (χ3v) is 1.84. The Bertz CT molecular complexity index is 143. The molecule has 0 aromatic heterocycles. The van der Waals surface area contributed by atoms with Crippen molar-refractivity contribution in [3.63, 3.8) is 0 Å².